The van der Waals surface area contributed by atoms with Gasteiger partial charge in [0.25, 0.3) is 0 Å². The number of rotatable bonds is 20. The molecular weight excluding hydrogens is 496 g/mol. The van der Waals surface area contributed by atoms with E-state index < -0.39 is 0 Å². The van der Waals surface area contributed by atoms with Gasteiger partial charge in [0.1, 0.15) is 11.5 Å². The van der Waals surface area contributed by atoms with Crippen LogP contribution in [0, 0.1) is 0 Å². The highest BCUT2D eigenvalue weighted by Crippen LogP contribution is 2.43. The molecule has 220 valence electrons. The molecule has 0 spiro atoms. The van der Waals surface area contributed by atoms with Crippen LogP contribution in [-0.4, -0.2) is 10.2 Å². The first-order valence-corrected chi connectivity index (χ1v) is 16.8. The lowest BCUT2D eigenvalue weighted by Crippen LogP contribution is -2.17. The van der Waals surface area contributed by atoms with E-state index in [0.717, 1.165) is 22.6 Å². The smallest absolute Gasteiger partial charge is 0.129 e. The summed E-state index contributed by atoms with van der Waals surface area (Å²) in [4.78, 5) is 1.63. The summed E-state index contributed by atoms with van der Waals surface area (Å²) in [5.74, 6) is 0.560. The van der Waals surface area contributed by atoms with Crippen LogP contribution >= 0.6 is 11.8 Å². The summed E-state index contributed by atoms with van der Waals surface area (Å²) in [5, 5.41) is 21.4. The second-order valence-electron chi connectivity index (χ2n) is 13.0. The maximum atomic E-state index is 10.7. The van der Waals surface area contributed by atoms with E-state index >= 15 is 0 Å². The van der Waals surface area contributed by atoms with Gasteiger partial charge in [-0.15, -0.1) is 0 Å². The van der Waals surface area contributed by atoms with Gasteiger partial charge < -0.3 is 10.2 Å². The molecule has 0 atom stereocenters. The Morgan fingerprint density at radius 3 is 1.21 bits per heavy atom. The molecule has 0 aliphatic carbocycles. The molecule has 0 fully saturated rings. The van der Waals surface area contributed by atoms with Gasteiger partial charge in [0, 0.05) is 0 Å². The van der Waals surface area contributed by atoms with Crippen molar-refractivity contribution in [2.45, 2.75) is 165 Å². The molecule has 2 N–H and O–H groups in total. The van der Waals surface area contributed by atoms with Gasteiger partial charge in [-0.25, -0.2) is 0 Å². The van der Waals surface area contributed by atoms with Crippen LogP contribution in [0.4, 0.5) is 0 Å². The Kier molecular flexibility index (Phi) is 14.9. The molecule has 0 aliphatic rings. The second-order valence-corrected chi connectivity index (χ2v) is 14.1. The Bertz CT molecular complexity index is 885. The molecule has 0 bridgehead atoms. The van der Waals surface area contributed by atoms with Crippen molar-refractivity contribution < 1.29 is 10.2 Å². The number of phenolic OH excluding ortho intramolecular Hbond substituents is 2. The predicted octanol–water partition coefficient (Wildman–Crippen LogP) is 12.1. The Morgan fingerprint density at radius 1 is 0.513 bits per heavy atom. The highest BCUT2D eigenvalue weighted by molar-refractivity contribution is 7.99. The summed E-state index contributed by atoms with van der Waals surface area (Å²) < 4.78 is 0. The number of unbranched alkanes of at least 4 members (excludes halogenated alkanes) is 12. The minimum atomic E-state index is 0.0504. The number of hydrogen-bond acceptors (Lipinski definition) is 3. The molecule has 0 saturated heterocycles. The molecule has 0 radical (unpaired) electrons. The Hall–Kier alpha value is -1.61. The zero-order valence-electron chi connectivity index (χ0n) is 26.1. The number of aromatic hydroxyl groups is 2. The van der Waals surface area contributed by atoms with Crippen molar-refractivity contribution in [2.24, 2.45) is 0 Å². The lowest BCUT2D eigenvalue weighted by molar-refractivity contribution is 0.435. The van der Waals surface area contributed by atoms with Crippen LogP contribution in [-0.2, 0) is 10.8 Å². The third-order valence-electron chi connectivity index (χ3n) is 8.51. The SMILES string of the molecule is CCCCCCCCCC(C)(C)c1ccc(O)c(Sc2cc(C(C)(C)CCCCCCCCC)ccc2O)c1. The van der Waals surface area contributed by atoms with Crippen molar-refractivity contribution in [1.29, 1.82) is 0 Å². The lowest BCUT2D eigenvalue weighted by Gasteiger charge is -2.27. The molecule has 0 amide bonds. The van der Waals surface area contributed by atoms with Crippen LogP contribution in [0.25, 0.3) is 0 Å². The molecular formula is C36H58O2S. The van der Waals surface area contributed by atoms with E-state index in [-0.39, 0.29) is 22.3 Å². The van der Waals surface area contributed by atoms with Gasteiger partial charge in [-0.1, -0.05) is 155 Å². The van der Waals surface area contributed by atoms with Gasteiger partial charge in [0.2, 0.25) is 0 Å². The van der Waals surface area contributed by atoms with Crippen LogP contribution in [0.5, 0.6) is 11.5 Å². The Balaban J connectivity index is 2.02. The molecule has 0 heterocycles. The monoisotopic (exact) mass is 554 g/mol. The third-order valence-corrected chi connectivity index (χ3v) is 9.61. The van der Waals surface area contributed by atoms with E-state index in [0.29, 0.717) is 0 Å². The zero-order chi connectivity index (χ0) is 28.7. The third kappa shape index (κ3) is 11.8. The van der Waals surface area contributed by atoms with Gasteiger partial charge in [-0.2, -0.15) is 0 Å². The quantitative estimate of drug-likeness (QED) is 0.160. The van der Waals surface area contributed by atoms with E-state index in [1.807, 2.05) is 12.1 Å². The number of phenols is 2. The maximum absolute atomic E-state index is 10.7. The summed E-state index contributed by atoms with van der Waals surface area (Å²) in [5.41, 5.74) is 2.61. The first-order valence-electron chi connectivity index (χ1n) is 16.0. The van der Waals surface area contributed by atoms with Crippen LogP contribution < -0.4 is 0 Å². The molecule has 2 aromatic rings. The molecule has 2 nitrogen and oxygen atoms in total. The van der Waals surface area contributed by atoms with Crippen LogP contribution in [0.1, 0.15) is 155 Å². The number of hydrogen-bond donors (Lipinski definition) is 2. The van der Waals surface area contributed by atoms with Gasteiger partial charge in [0.05, 0.1) is 9.79 Å². The van der Waals surface area contributed by atoms with Crippen molar-refractivity contribution >= 4 is 11.8 Å². The first-order chi connectivity index (χ1) is 18.6. The summed E-state index contributed by atoms with van der Waals surface area (Å²) >= 11 is 1.48. The highest BCUT2D eigenvalue weighted by Gasteiger charge is 2.24. The molecule has 2 aromatic carbocycles. The minimum Gasteiger partial charge on any atom is -0.507 e. The predicted molar refractivity (Wildman–Crippen MR) is 172 cm³/mol. The fraction of sp³-hybridized carbons (Fsp3) is 0.667. The fourth-order valence-corrected chi connectivity index (χ4v) is 6.44. The highest BCUT2D eigenvalue weighted by atomic mass is 32.2. The van der Waals surface area contributed by atoms with Gasteiger partial charge in [-0.3, -0.25) is 0 Å². The second kappa shape index (κ2) is 17.3. The van der Waals surface area contributed by atoms with E-state index in [1.54, 1.807) is 0 Å². The fourth-order valence-electron chi connectivity index (χ4n) is 5.49. The average Bonchev–Trinajstić information content (AvgIpc) is 2.89. The van der Waals surface area contributed by atoms with E-state index in [2.05, 4.69) is 65.8 Å². The van der Waals surface area contributed by atoms with E-state index in [9.17, 15) is 10.2 Å². The standard InChI is InChI=1S/C36H58O2S/c1-7-9-11-13-15-17-19-25-35(3,4)29-21-23-31(37)33(27-29)39-34-28-30(22-24-32(34)38)36(5,6)26-20-18-16-14-12-10-8-2/h21-24,27-28,37-38H,7-20,25-26H2,1-6H3. The minimum absolute atomic E-state index is 0.0504. The summed E-state index contributed by atoms with van der Waals surface area (Å²) in [7, 11) is 0. The van der Waals surface area contributed by atoms with E-state index in [4.69, 9.17) is 0 Å². The molecule has 39 heavy (non-hydrogen) atoms. The molecule has 0 saturated carbocycles. The normalized spacial score (nSPS) is 12.3. The topological polar surface area (TPSA) is 40.5 Å². The van der Waals surface area contributed by atoms with Crippen molar-refractivity contribution in [2.75, 3.05) is 0 Å². The van der Waals surface area contributed by atoms with Crippen LogP contribution in [0.15, 0.2) is 46.2 Å². The van der Waals surface area contributed by atoms with Crippen LogP contribution in [0.3, 0.4) is 0 Å². The van der Waals surface area contributed by atoms with Gasteiger partial charge in [0.15, 0.2) is 0 Å². The van der Waals surface area contributed by atoms with Gasteiger partial charge in [-0.05, 0) is 59.1 Å². The van der Waals surface area contributed by atoms with Gasteiger partial charge >= 0.3 is 0 Å². The lowest BCUT2D eigenvalue weighted by atomic mass is 9.80. The molecule has 3 heteroatoms. The Morgan fingerprint density at radius 2 is 0.846 bits per heavy atom. The Labute approximate surface area is 245 Å². The van der Waals surface area contributed by atoms with Crippen molar-refractivity contribution in [3.8, 4) is 11.5 Å². The summed E-state index contributed by atoms with van der Waals surface area (Å²) in [6.07, 6.45) is 20.7. The summed E-state index contributed by atoms with van der Waals surface area (Å²) in [6.45, 7) is 13.8. The molecule has 0 unspecified atom stereocenters. The average molecular weight is 555 g/mol. The van der Waals surface area contributed by atoms with E-state index in [1.165, 1.54) is 113 Å². The maximum Gasteiger partial charge on any atom is 0.129 e. The molecule has 2 rings (SSSR count). The van der Waals surface area contributed by atoms with Crippen molar-refractivity contribution in [3.63, 3.8) is 0 Å². The van der Waals surface area contributed by atoms with Crippen molar-refractivity contribution in [1.82, 2.24) is 0 Å². The van der Waals surface area contributed by atoms with Crippen molar-refractivity contribution in [3.05, 3.63) is 47.5 Å². The summed E-state index contributed by atoms with van der Waals surface area (Å²) in [6, 6.07) is 12.1. The largest absolute Gasteiger partial charge is 0.507 e. The molecule has 0 aromatic heterocycles. The zero-order valence-corrected chi connectivity index (χ0v) is 26.9. The number of benzene rings is 2. The molecule has 0 aliphatic heterocycles. The van der Waals surface area contributed by atoms with Crippen LogP contribution in [0.2, 0.25) is 0 Å². The first kappa shape index (κ1) is 33.6.